The molecule has 13 nitrogen and oxygen atoms in total. The molecule has 0 unspecified atom stereocenters. The molecule has 1 N–H and O–H groups in total. The van der Waals surface area contributed by atoms with Gasteiger partial charge in [-0.3, -0.25) is 14.0 Å². The number of ether oxygens (including phenoxy) is 2. The first kappa shape index (κ1) is 64.2. The Morgan fingerprint density at radius 1 is 0.585 bits per heavy atom. The zero-order chi connectivity index (χ0) is 58.5. The molecular weight excluding hydrogens is 1230 g/mol. The predicted octanol–water partition coefficient (Wildman–Crippen LogP) is 17.3. The van der Waals surface area contributed by atoms with Gasteiger partial charge in [0.05, 0.1) is 90.4 Å². The van der Waals surface area contributed by atoms with Crippen molar-refractivity contribution in [3.05, 3.63) is 200 Å². The third kappa shape index (κ3) is 15.2. The summed E-state index contributed by atoms with van der Waals surface area (Å²) in [6, 6.07) is 22.4. The first-order valence-corrected chi connectivity index (χ1v) is 28.0. The largest absolute Gasteiger partial charge is 0.462 e. The lowest BCUT2D eigenvalue weighted by atomic mass is 10.2. The van der Waals surface area contributed by atoms with Crippen molar-refractivity contribution >= 4 is 120 Å². The maximum Gasteiger partial charge on any atom is 0.341 e. The summed E-state index contributed by atoms with van der Waals surface area (Å²) in [7, 11) is 0. The van der Waals surface area contributed by atoms with Crippen LogP contribution in [0.25, 0.3) is 44.1 Å². The monoisotopic (exact) mass is 1280 g/mol. The average Bonchev–Trinajstić information content (AvgIpc) is 4.55. The first-order chi connectivity index (χ1) is 38.9. The lowest BCUT2D eigenvalue weighted by Crippen LogP contribution is -2.07. The first-order valence-electron chi connectivity index (χ1n) is 24.8. The van der Waals surface area contributed by atoms with Gasteiger partial charge in [0.1, 0.15) is 0 Å². The molecule has 430 valence electrons. The van der Waals surface area contributed by atoms with E-state index in [1.165, 1.54) is 24.3 Å². The highest BCUT2D eigenvalue weighted by molar-refractivity contribution is 9.10. The Balaban J connectivity index is 0.000000180. The van der Waals surface area contributed by atoms with E-state index in [-0.39, 0.29) is 68.0 Å². The SMILES string of the molecule is C.CCOC(=O)c1cccc(S)c1F.CCOC(=O)c1cccc(Sc2cn(-c3cnn(CC)c3)c3c(F)c(Cl)ccc23)c1F.CCn1cc(-n2ccc3ccc(Cl)c(F)c32)cn1.CCn1cc(Br)cn1.Fc1c(Cl)ccc2cc[nH]c12. The number of nitrogens with one attached hydrogen (secondary N) is 1. The van der Waals surface area contributed by atoms with Gasteiger partial charge in [0.25, 0.3) is 0 Å². The molecule has 6 heterocycles. The predicted molar refractivity (Wildman–Crippen MR) is 321 cm³/mol. The Bertz CT molecular complexity index is 3980. The fraction of sp³-hybridized carbons (Fsp3) is 0.190. The van der Waals surface area contributed by atoms with E-state index < -0.39 is 35.2 Å². The van der Waals surface area contributed by atoms with Crippen molar-refractivity contribution in [1.29, 1.82) is 0 Å². The fourth-order valence-corrected chi connectivity index (χ4v) is 9.74. The minimum Gasteiger partial charge on any atom is -0.462 e. The van der Waals surface area contributed by atoms with Gasteiger partial charge < -0.3 is 23.6 Å². The van der Waals surface area contributed by atoms with Crippen LogP contribution >= 0.6 is 75.1 Å². The number of benzene rings is 5. The van der Waals surface area contributed by atoms with E-state index in [1.54, 1.807) is 118 Å². The lowest BCUT2D eigenvalue weighted by molar-refractivity contribution is 0.0510. The Kier molecular flexibility index (Phi) is 23.3. The molecule has 0 aliphatic rings. The third-order valence-electron chi connectivity index (χ3n) is 11.7. The molecule has 0 saturated heterocycles. The number of carbonyl (C=O) groups is 2. The van der Waals surface area contributed by atoms with E-state index in [9.17, 15) is 27.2 Å². The molecule has 0 saturated carbocycles. The quantitative estimate of drug-likeness (QED) is 0.0744. The zero-order valence-corrected chi connectivity index (χ0v) is 49.3. The van der Waals surface area contributed by atoms with Gasteiger partial charge >= 0.3 is 11.9 Å². The molecule has 6 aromatic heterocycles. The number of rotatable bonds is 11. The minimum absolute atomic E-state index is 0. The van der Waals surface area contributed by atoms with Crippen LogP contribution in [0.5, 0.6) is 0 Å². The van der Waals surface area contributed by atoms with Gasteiger partial charge in [0, 0.05) is 87.7 Å². The van der Waals surface area contributed by atoms with Crippen LogP contribution in [0, 0.1) is 29.1 Å². The Labute approximate surface area is 502 Å². The van der Waals surface area contributed by atoms with Crippen molar-refractivity contribution in [3.8, 4) is 11.4 Å². The molecule has 11 rings (SSSR count). The lowest BCUT2D eigenvalue weighted by Gasteiger charge is -2.07. The van der Waals surface area contributed by atoms with Crippen LogP contribution in [0.15, 0.2) is 160 Å². The topological polar surface area (TPSA) is 132 Å². The minimum atomic E-state index is -0.727. The van der Waals surface area contributed by atoms with Crippen LogP contribution in [-0.2, 0) is 29.1 Å². The Morgan fingerprint density at radius 3 is 1.67 bits per heavy atom. The highest BCUT2D eigenvalue weighted by Crippen LogP contribution is 2.40. The van der Waals surface area contributed by atoms with Crippen LogP contribution in [-0.4, -0.2) is 68.6 Å². The number of hydrogen-bond acceptors (Lipinski definition) is 9. The summed E-state index contributed by atoms with van der Waals surface area (Å²) < 4.78 is 89.8. The fourth-order valence-electron chi connectivity index (χ4n) is 7.73. The summed E-state index contributed by atoms with van der Waals surface area (Å²) in [6.07, 6.45) is 15.9. The molecule has 0 amide bonds. The summed E-state index contributed by atoms with van der Waals surface area (Å²) in [4.78, 5) is 26.9. The number of H-pyrrole nitrogens is 1. The van der Waals surface area contributed by atoms with Gasteiger partial charge in [0.2, 0.25) is 0 Å². The molecule has 0 atom stereocenters. The van der Waals surface area contributed by atoms with Crippen molar-refractivity contribution in [2.45, 2.75) is 76.4 Å². The van der Waals surface area contributed by atoms with Crippen LogP contribution in [0.3, 0.4) is 0 Å². The van der Waals surface area contributed by atoms with Crippen LogP contribution < -0.4 is 0 Å². The number of aryl methyl sites for hydroxylation is 3. The molecule has 0 fully saturated rings. The van der Waals surface area contributed by atoms with E-state index in [4.69, 9.17) is 39.5 Å². The summed E-state index contributed by atoms with van der Waals surface area (Å²) in [5.74, 6) is -4.05. The van der Waals surface area contributed by atoms with E-state index in [1.807, 2.05) is 49.3 Å². The second kappa shape index (κ2) is 29.8. The molecule has 0 radical (unpaired) electrons. The van der Waals surface area contributed by atoms with E-state index in [2.05, 4.69) is 60.5 Å². The highest BCUT2D eigenvalue weighted by atomic mass is 79.9. The molecule has 0 spiro atoms. The summed E-state index contributed by atoms with van der Waals surface area (Å²) >= 11 is 25.6. The number of hydrogen-bond donors (Lipinski definition) is 2. The van der Waals surface area contributed by atoms with Gasteiger partial charge in [-0.1, -0.05) is 78.3 Å². The highest BCUT2D eigenvalue weighted by Gasteiger charge is 2.22. The van der Waals surface area contributed by atoms with Gasteiger partial charge in [-0.25, -0.2) is 31.5 Å². The van der Waals surface area contributed by atoms with Crippen LogP contribution in [0.1, 0.15) is 62.8 Å². The number of nitrogens with zero attached hydrogens (tertiary/aromatic N) is 8. The van der Waals surface area contributed by atoms with Crippen molar-refractivity contribution in [2.75, 3.05) is 13.2 Å². The summed E-state index contributed by atoms with van der Waals surface area (Å²) in [6.45, 7) is 12.1. The van der Waals surface area contributed by atoms with Crippen molar-refractivity contribution < 1.29 is 41.0 Å². The second-order valence-corrected chi connectivity index (χ2v) is 20.5. The maximum atomic E-state index is 15.0. The van der Waals surface area contributed by atoms with E-state index in [0.29, 0.717) is 33.5 Å². The average molecular weight is 1290 g/mol. The maximum absolute atomic E-state index is 15.0. The van der Waals surface area contributed by atoms with Crippen LogP contribution in [0.4, 0.5) is 22.0 Å². The molecule has 0 aliphatic carbocycles. The van der Waals surface area contributed by atoms with Crippen molar-refractivity contribution in [2.24, 2.45) is 0 Å². The molecule has 24 heteroatoms. The number of fused-ring (bicyclic) bond motifs is 3. The van der Waals surface area contributed by atoms with E-state index >= 15 is 4.39 Å². The van der Waals surface area contributed by atoms with E-state index in [0.717, 1.165) is 45.8 Å². The molecule has 82 heavy (non-hydrogen) atoms. The van der Waals surface area contributed by atoms with Gasteiger partial charge in [0.15, 0.2) is 29.1 Å². The number of halogens is 9. The molecule has 0 bridgehead atoms. The Morgan fingerprint density at radius 2 is 1.11 bits per heavy atom. The number of carbonyl (C=O) groups excluding carboxylic acids is 2. The summed E-state index contributed by atoms with van der Waals surface area (Å²) in [5.41, 5.74) is 2.49. The number of aromatic nitrogens is 9. The van der Waals surface area contributed by atoms with Crippen LogP contribution in [0.2, 0.25) is 15.1 Å². The molecule has 11 aromatic rings. The zero-order valence-electron chi connectivity index (χ0n) is 43.8. The van der Waals surface area contributed by atoms with Crippen molar-refractivity contribution in [3.63, 3.8) is 0 Å². The normalized spacial score (nSPS) is 10.7. The molecule has 0 aliphatic heterocycles. The second-order valence-electron chi connectivity index (χ2n) is 16.8. The van der Waals surface area contributed by atoms with Crippen molar-refractivity contribution in [1.82, 2.24) is 43.5 Å². The molecular formula is C58H54BrCl3F5N9O4S2. The number of thiol groups is 1. The van der Waals surface area contributed by atoms with Gasteiger partial charge in [-0.2, -0.15) is 15.3 Å². The smallest absolute Gasteiger partial charge is 0.341 e. The Hall–Kier alpha value is -7.01. The third-order valence-corrected chi connectivity index (χ3v) is 14.4. The number of esters is 2. The summed E-state index contributed by atoms with van der Waals surface area (Å²) in [5, 5.41) is 14.9. The number of aromatic amines is 1. The molecule has 5 aromatic carbocycles. The standard InChI is InChI=1S/C22H18ClF2N3O2S.C13H11ClFN3.C9H9FO2S.C8H5ClFN.C5H7BrN2.CH4/c1-3-27-11-13(10-26-27)28-12-18(14-8-9-16(23)20(25)21(14)28)31-17-7-5-6-15(19(17)24)22(29)30-4-2;1-2-17-8-10(7-16-17)18-6-5-9-3-4-11(14)12(15)13(9)18;1-2-12-9(11)6-4-3-5-7(13)8(6)10;9-6-2-1-5-3-4-11-8(5)7(6)10;1-2-8-4-5(6)3-7-8;/h5-12H,3-4H2,1-2H3;3-8H,2H2,1H3;3-5,13H,2H2,1H3;1-4,11H;3-4H,2H2,1H3;1H4. The van der Waals surface area contributed by atoms with Gasteiger partial charge in [-0.05, 0) is 111 Å². The van der Waals surface area contributed by atoms with Gasteiger partial charge in [-0.15, -0.1) is 12.6 Å².